The Morgan fingerprint density at radius 1 is 1.20 bits per heavy atom. The molecule has 1 heterocycles. The van der Waals surface area contributed by atoms with E-state index in [4.69, 9.17) is 0 Å². The van der Waals surface area contributed by atoms with Crippen LogP contribution in [0.4, 0.5) is 0 Å². The monoisotopic (exact) mass is 198 g/mol. The van der Waals surface area contributed by atoms with Crippen molar-refractivity contribution < 1.29 is 4.79 Å². The first kappa shape index (κ1) is 8.41. The van der Waals surface area contributed by atoms with Crippen LogP contribution in [0.1, 0.15) is 22.3 Å². The molecule has 1 aliphatic rings. The average Bonchev–Trinajstić information content (AvgIpc) is 2.88. The number of benzene rings is 1. The molecule has 0 bridgehead atoms. The molecule has 0 aliphatic heterocycles. The van der Waals surface area contributed by atoms with Gasteiger partial charge in [-0.3, -0.25) is 9.89 Å². The molecule has 1 aromatic carbocycles. The minimum Gasteiger partial charge on any atom is -0.294 e. The SMILES string of the molecule is O=C1CCc2ccc(-c3cn[nH]c3)cc21. The number of hydrogen-bond donors (Lipinski definition) is 1. The van der Waals surface area contributed by atoms with E-state index in [0.717, 1.165) is 23.1 Å². The van der Waals surface area contributed by atoms with Gasteiger partial charge in [0.05, 0.1) is 6.20 Å². The largest absolute Gasteiger partial charge is 0.294 e. The number of aryl methyl sites for hydroxylation is 1. The van der Waals surface area contributed by atoms with Crippen LogP contribution in [0, 0.1) is 0 Å². The van der Waals surface area contributed by atoms with E-state index in [1.807, 2.05) is 24.4 Å². The van der Waals surface area contributed by atoms with E-state index in [1.165, 1.54) is 5.56 Å². The molecule has 15 heavy (non-hydrogen) atoms. The molecule has 0 saturated heterocycles. The number of fused-ring (bicyclic) bond motifs is 1. The first-order chi connectivity index (χ1) is 7.34. The Labute approximate surface area is 87.1 Å². The van der Waals surface area contributed by atoms with E-state index in [0.29, 0.717) is 6.42 Å². The zero-order valence-corrected chi connectivity index (χ0v) is 8.16. The highest BCUT2D eigenvalue weighted by molar-refractivity contribution is 6.01. The van der Waals surface area contributed by atoms with Crippen molar-refractivity contribution in [2.45, 2.75) is 12.8 Å². The maximum Gasteiger partial charge on any atom is 0.163 e. The van der Waals surface area contributed by atoms with Crippen molar-refractivity contribution in [3.8, 4) is 11.1 Å². The van der Waals surface area contributed by atoms with Gasteiger partial charge in [-0.05, 0) is 23.6 Å². The van der Waals surface area contributed by atoms with Gasteiger partial charge in [0.1, 0.15) is 0 Å². The Morgan fingerprint density at radius 2 is 2.13 bits per heavy atom. The lowest BCUT2D eigenvalue weighted by atomic mass is 10.0. The fourth-order valence-corrected chi connectivity index (χ4v) is 2.03. The number of aromatic nitrogens is 2. The summed E-state index contributed by atoms with van der Waals surface area (Å²) in [5, 5.41) is 6.67. The van der Waals surface area contributed by atoms with Crippen molar-refractivity contribution in [3.05, 3.63) is 41.7 Å². The number of hydrogen-bond acceptors (Lipinski definition) is 2. The van der Waals surface area contributed by atoms with Crippen LogP contribution in [0.15, 0.2) is 30.6 Å². The lowest BCUT2D eigenvalue weighted by molar-refractivity contribution is 0.0994. The third kappa shape index (κ3) is 1.28. The number of Topliss-reactive ketones (excluding diaryl/α,β-unsaturated/α-hetero) is 1. The summed E-state index contributed by atoms with van der Waals surface area (Å²) >= 11 is 0. The molecule has 2 aromatic rings. The second kappa shape index (κ2) is 3.05. The molecule has 3 rings (SSSR count). The van der Waals surface area contributed by atoms with Gasteiger partial charge in [-0.15, -0.1) is 0 Å². The van der Waals surface area contributed by atoms with Gasteiger partial charge in [0.15, 0.2) is 5.78 Å². The number of nitrogens with one attached hydrogen (secondary N) is 1. The first-order valence-electron chi connectivity index (χ1n) is 5.00. The van der Waals surface area contributed by atoms with Crippen molar-refractivity contribution in [1.29, 1.82) is 0 Å². The van der Waals surface area contributed by atoms with Crippen molar-refractivity contribution in [2.24, 2.45) is 0 Å². The van der Waals surface area contributed by atoms with Crippen molar-refractivity contribution >= 4 is 5.78 Å². The highest BCUT2D eigenvalue weighted by atomic mass is 16.1. The quantitative estimate of drug-likeness (QED) is 0.763. The lowest BCUT2D eigenvalue weighted by Crippen LogP contribution is -1.91. The van der Waals surface area contributed by atoms with E-state index in [2.05, 4.69) is 10.2 Å². The van der Waals surface area contributed by atoms with Crippen LogP contribution in [0.5, 0.6) is 0 Å². The molecular weight excluding hydrogens is 188 g/mol. The molecule has 3 heteroatoms. The van der Waals surface area contributed by atoms with E-state index < -0.39 is 0 Å². The standard InChI is InChI=1S/C12H10N2O/c15-12-4-3-8-1-2-9(5-11(8)12)10-6-13-14-7-10/h1-2,5-7H,3-4H2,(H,13,14). The summed E-state index contributed by atoms with van der Waals surface area (Å²) in [5.41, 5.74) is 4.14. The van der Waals surface area contributed by atoms with Crippen LogP contribution in [0.3, 0.4) is 0 Å². The summed E-state index contributed by atoms with van der Waals surface area (Å²) < 4.78 is 0. The Hall–Kier alpha value is -1.90. The van der Waals surface area contributed by atoms with Crippen LogP contribution in [0.2, 0.25) is 0 Å². The Kier molecular flexibility index (Phi) is 1.71. The topological polar surface area (TPSA) is 45.8 Å². The van der Waals surface area contributed by atoms with Crippen LogP contribution >= 0.6 is 0 Å². The second-order valence-corrected chi connectivity index (χ2v) is 3.78. The Bertz CT molecular complexity index is 514. The maximum atomic E-state index is 11.6. The number of nitrogens with zero attached hydrogens (tertiary/aromatic N) is 1. The van der Waals surface area contributed by atoms with Gasteiger partial charge < -0.3 is 0 Å². The molecule has 0 atom stereocenters. The van der Waals surface area contributed by atoms with E-state index >= 15 is 0 Å². The number of rotatable bonds is 1. The number of carbonyl (C=O) groups excluding carboxylic acids is 1. The highest BCUT2D eigenvalue weighted by Gasteiger charge is 2.19. The van der Waals surface area contributed by atoms with Gasteiger partial charge in [0.2, 0.25) is 0 Å². The van der Waals surface area contributed by atoms with Gasteiger partial charge in [0.25, 0.3) is 0 Å². The van der Waals surface area contributed by atoms with Crippen LogP contribution in [-0.4, -0.2) is 16.0 Å². The Balaban J connectivity index is 2.13. The van der Waals surface area contributed by atoms with Gasteiger partial charge in [-0.1, -0.05) is 12.1 Å². The van der Waals surface area contributed by atoms with Gasteiger partial charge in [-0.2, -0.15) is 5.10 Å². The zero-order valence-electron chi connectivity index (χ0n) is 8.16. The van der Waals surface area contributed by atoms with E-state index in [1.54, 1.807) is 6.20 Å². The number of carbonyl (C=O) groups is 1. The highest BCUT2D eigenvalue weighted by Crippen LogP contribution is 2.27. The summed E-state index contributed by atoms with van der Waals surface area (Å²) in [6.07, 6.45) is 5.15. The second-order valence-electron chi connectivity index (χ2n) is 3.78. The minimum atomic E-state index is 0.260. The summed E-state index contributed by atoms with van der Waals surface area (Å²) in [5.74, 6) is 0.260. The molecular formula is C12H10N2O. The maximum absolute atomic E-state index is 11.6. The molecule has 1 aromatic heterocycles. The normalized spacial score (nSPS) is 14.3. The van der Waals surface area contributed by atoms with Crippen LogP contribution in [-0.2, 0) is 6.42 Å². The summed E-state index contributed by atoms with van der Waals surface area (Å²) in [6, 6.07) is 6.06. The summed E-state index contributed by atoms with van der Waals surface area (Å²) in [4.78, 5) is 11.6. The first-order valence-corrected chi connectivity index (χ1v) is 5.00. The lowest BCUT2D eigenvalue weighted by Gasteiger charge is -2.01. The number of aromatic amines is 1. The predicted molar refractivity (Wildman–Crippen MR) is 56.7 cm³/mol. The average molecular weight is 198 g/mol. The zero-order chi connectivity index (χ0) is 10.3. The van der Waals surface area contributed by atoms with Gasteiger partial charge in [0, 0.05) is 23.7 Å². The van der Waals surface area contributed by atoms with Crippen LogP contribution < -0.4 is 0 Å². The molecule has 0 unspecified atom stereocenters. The Morgan fingerprint density at radius 3 is 2.93 bits per heavy atom. The number of H-pyrrole nitrogens is 1. The van der Waals surface area contributed by atoms with E-state index in [-0.39, 0.29) is 5.78 Å². The van der Waals surface area contributed by atoms with E-state index in [9.17, 15) is 4.79 Å². The molecule has 1 aliphatic carbocycles. The predicted octanol–water partition coefficient (Wildman–Crippen LogP) is 2.21. The van der Waals surface area contributed by atoms with Crippen molar-refractivity contribution in [2.75, 3.05) is 0 Å². The molecule has 0 amide bonds. The molecule has 0 fully saturated rings. The van der Waals surface area contributed by atoms with Crippen molar-refractivity contribution in [1.82, 2.24) is 10.2 Å². The van der Waals surface area contributed by atoms with Gasteiger partial charge >= 0.3 is 0 Å². The molecule has 74 valence electrons. The minimum absolute atomic E-state index is 0.260. The number of ketones is 1. The molecule has 0 saturated carbocycles. The molecule has 1 N–H and O–H groups in total. The van der Waals surface area contributed by atoms with Gasteiger partial charge in [-0.25, -0.2) is 0 Å². The third-order valence-corrected chi connectivity index (χ3v) is 2.86. The molecule has 0 radical (unpaired) electrons. The molecule has 3 nitrogen and oxygen atoms in total. The summed E-state index contributed by atoms with van der Waals surface area (Å²) in [7, 11) is 0. The molecule has 0 spiro atoms. The smallest absolute Gasteiger partial charge is 0.163 e. The fourth-order valence-electron chi connectivity index (χ4n) is 2.03. The third-order valence-electron chi connectivity index (χ3n) is 2.86. The van der Waals surface area contributed by atoms with Crippen LogP contribution in [0.25, 0.3) is 11.1 Å². The summed E-state index contributed by atoms with van der Waals surface area (Å²) in [6.45, 7) is 0. The van der Waals surface area contributed by atoms with Crippen molar-refractivity contribution in [3.63, 3.8) is 0 Å². The fraction of sp³-hybridized carbons (Fsp3) is 0.167.